The number of hydrogen-bond acceptors (Lipinski definition) is 5. The zero-order valence-corrected chi connectivity index (χ0v) is 19.8. The molecular weight excluding hydrogens is 448 g/mol. The second-order valence-corrected chi connectivity index (χ2v) is 10.1. The molecule has 2 aliphatic rings. The highest BCUT2D eigenvalue weighted by molar-refractivity contribution is 7.16. The van der Waals surface area contributed by atoms with Gasteiger partial charge in [0.05, 0.1) is 17.3 Å². The number of amides is 1. The molecule has 1 amide bonds. The predicted octanol–water partition coefficient (Wildman–Crippen LogP) is 6.40. The maximum atomic E-state index is 13.3. The van der Waals surface area contributed by atoms with E-state index in [1.165, 1.54) is 29.7 Å². The van der Waals surface area contributed by atoms with Crippen molar-refractivity contribution in [1.29, 1.82) is 0 Å². The van der Waals surface area contributed by atoms with Crippen molar-refractivity contribution in [3.8, 4) is 11.3 Å². The van der Waals surface area contributed by atoms with Crippen LogP contribution >= 0.6 is 11.3 Å². The Morgan fingerprint density at radius 2 is 1.88 bits per heavy atom. The van der Waals surface area contributed by atoms with Gasteiger partial charge in [0.25, 0.3) is 5.91 Å². The number of fused-ring (bicyclic) bond motifs is 1. The van der Waals surface area contributed by atoms with E-state index in [0.717, 1.165) is 49.1 Å². The fraction of sp³-hybridized carbons (Fsp3) is 0.370. The van der Waals surface area contributed by atoms with Gasteiger partial charge in [0.15, 0.2) is 0 Å². The second kappa shape index (κ2) is 9.97. The number of aromatic carboxylic acids is 1. The van der Waals surface area contributed by atoms with Crippen LogP contribution in [0.4, 0.5) is 5.00 Å². The van der Waals surface area contributed by atoms with Gasteiger partial charge >= 0.3 is 5.97 Å². The van der Waals surface area contributed by atoms with Gasteiger partial charge in [0.2, 0.25) is 0 Å². The highest BCUT2D eigenvalue weighted by Gasteiger charge is 2.27. The van der Waals surface area contributed by atoms with E-state index in [1.807, 2.05) is 12.1 Å². The third-order valence-corrected chi connectivity index (χ3v) is 7.85. The van der Waals surface area contributed by atoms with E-state index in [1.54, 1.807) is 41.8 Å². The highest BCUT2D eigenvalue weighted by Crippen LogP contribution is 2.40. The van der Waals surface area contributed by atoms with Crippen molar-refractivity contribution in [3.63, 3.8) is 0 Å². The quantitative estimate of drug-likeness (QED) is 0.403. The molecular formula is C27H28N2O4S. The Kier molecular flexibility index (Phi) is 6.63. The first-order valence-corrected chi connectivity index (χ1v) is 12.8. The number of hydrogen-bond donors (Lipinski definition) is 2. The monoisotopic (exact) mass is 476 g/mol. The first-order chi connectivity index (χ1) is 16.6. The lowest BCUT2D eigenvalue weighted by molar-refractivity contribution is 0.0696. The van der Waals surface area contributed by atoms with Crippen molar-refractivity contribution in [2.45, 2.75) is 63.8 Å². The molecule has 2 aliphatic carbocycles. The van der Waals surface area contributed by atoms with Crippen molar-refractivity contribution in [3.05, 3.63) is 63.7 Å². The molecule has 0 unspecified atom stereocenters. The first kappa shape index (κ1) is 22.6. The average Bonchev–Trinajstić information content (AvgIpc) is 3.48. The number of carboxylic acid groups (broad SMARTS) is 1. The molecule has 2 N–H and O–H groups in total. The number of thiophene rings is 1. The maximum Gasteiger partial charge on any atom is 0.335 e. The summed E-state index contributed by atoms with van der Waals surface area (Å²) >= 11 is 1.61. The van der Waals surface area contributed by atoms with Gasteiger partial charge in [0.1, 0.15) is 16.5 Å². The summed E-state index contributed by atoms with van der Waals surface area (Å²) < 4.78 is 5.91. The number of carboxylic acids is 1. The van der Waals surface area contributed by atoms with Gasteiger partial charge < -0.3 is 14.8 Å². The van der Waals surface area contributed by atoms with E-state index in [9.17, 15) is 14.7 Å². The fourth-order valence-electron chi connectivity index (χ4n) is 4.89. The zero-order chi connectivity index (χ0) is 23.5. The molecule has 1 fully saturated rings. The molecule has 1 saturated carbocycles. The lowest BCUT2D eigenvalue weighted by Crippen LogP contribution is -2.36. The van der Waals surface area contributed by atoms with E-state index in [4.69, 9.17) is 9.41 Å². The number of furan rings is 1. The minimum Gasteiger partial charge on any atom is -0.478 e. The molecule has 176 valence electrons. The molecule has 0 spiro atoms. The summed E-state index contributed by atoms with van der Waals surface area (Å²) in [5.41, 5.74) is 2.81. The van der Waals surface area contributed by atoms with Crippen LogP contribution in [0.2, 0.25) is 0 Å². The topological polar surface area (TPSA) is 91.9 Å². The largest absolute Gasteiger partial charge is 0.478 e. The molecule has 0 saturated heterocycles. The number of aliphatic imine (C=N–C) groups is 1. The number of nitrogens with zero attached hydrogens (tertiary/aromatic N) is 1. The summed E-state index contributed by atoms with van der Waals surface area (Å²) in [5, 5.41) is 13.2. The van der Waals surface area contributed by atoms with Crippen LogP contribution < -0.4 is 5.32 Å². The standard InChI is InChI=1S/C27H28N2O4S/c30-25(29-19-9-2-1-3-10-19)24-21-11-4-5-12-23(21)34-26(24)28-16-20-13-14-22(33-20)17-7-6-8-18(15-17)27(31)32/h6-8,13-16,19H,1-5,9-12H2,(H,29,30)(H,31,32). The van der Waals surface area contributed by atoms with E-state index < -0.39 is 5.97 Å². The van der Waals surface area contributed by atoms with Crippen molar-refractivity contribution in [2.24, 2.45) is 4.99 Å². The summed E-state index contributed by atoms with van der Waals surface area (Å²) in [5.74, 6) is 0.158. The molecule has 7 heteroatoms. The molecule has 1 aromatic carbocycles. The zero-order valence-electron chi connectivity index (χ0n) is 19.0. The minimum atomic E-state index is -0.976. The average molecular weight is 477 g/mol. The Balaban J connectivity index is 1.39. The minimum absolute atomic E-state index is 0.00377. The number of aryl methyl sites for hydroxylation is 1. The van der Waals surface area contributed by atoms with Gasteiger partial charge in [-0.1, -0.05) is 31.4 Å². The Morgan fingerprint density at radius 1 is 1.06 bits per heavy atom. The molecule has 3 aromatic rings. The SMILES string of the molecule is O=C(O)c1cccc(-c2ccc(C=Nc3sc4c(c3C(=O)NC3CCCCC3)CCCC4)o2)c1. The van der Waals surface area contributed by atoms with E-state index in [0.29, 0.717) is 17.1 Å². The fourth-order valence-corrected chi connectivity index (χ4v) is 6.12. The van der Waals surface area contributed by atoms with Crippen molar-refractivity contribution in [1.82, 2.24) is 5.32 Å². The van der Waals surface area contributed by atoms with E-state index in [2.05, 4.69) is 5.32 Å². The first-order valence-electron chi connectivity index (χ1n) is 12.0. The molecule has 0 radical (unpaired) electrons. The number of nitrogens with one attached hydrogen (secondary N) is 1. The van der Waals surface area contributed by atoms with Crippen LogP contribution in [0.1, 0.15) is 81.9 Å². The number of carbonyl (C=O) groups is 2. The van der Waals surface area contributed by atoms with Crippen molar-refractivity contribution >= 4 is 34.4 Å². The van der Waals surface area contributed by atoms with Crippen molar-refractivity contribution < 1.29 is 19.1 Å². The van der Waals surface area contributed by atoms with E-state index >= 15 is 0 Å². The van der Waals surface area contributed by atoms with Crippen LogP contribution in [0.3, 0.4) is 0 Å². The van der Waals surface area contributed by atoms with Gasteiger partial charge in [-0.2, -0.15) is 0 Å². The van der Waals surface area contributed by atoms with Crippen LogP contribution in [0.15, 0.2) is 45.8 Å². The summed E-state index contributed by atoms with van der Waals surface area (Å²) in [6.45, 7) is 0. The van der Waals surface area contributed by atoms with Gasteiger partial charge in [-0.05, 0) is 68.4 Å². The third kappa shape index (κ3) is 4.85. The lowest BCUT2D eigenvalue weighted by Gasteiger charge is -2.23. The lowest BCUT2D eigenvalue weighted by atomic mass is 9.93. The van der Waals surface area contributed by atoms with Crippen LogP contribution in [0, 0.1) is 0 Å². The maximum absolute atomic E-state index is 13.3. The van der Waals surface area contributed by atoms with Gasteiger partial charge in [-0.25, -0.2) is 9.79 Å². The number of rotatable bonds is 6. The Hall–Kier alpha value is -3.19. The van der Waals surface area contributed by atoms with Gasteiger partial charge in [-0.15, -0.1) is 11.3 Å². The smallest absolute Gasteiger partial charge is 0.335 e. The molecule has 6 nitrogen and oxygen atoms in total. The summed E-state index contributed by atoms with van der Waals surface area (Å²) in [4.78, 5) is 30.5. The molecule has 0 atom stereocenters. The third-order valence-electron chi connectivity index (χ3n) is 6.65. The summed E-state index contributed by atoms with van der Waals surface area (Å²) in [7, 11) is 0. The van der Waals surface area contributed by atoms with Crippen LogP contribution in [0.5, 0.6) is 0 Å². The van der Waals surface area contributed by atoms with E-state index in [-0.39, 0.29) is 17.5 Å². The summed E-state index contributed by atoms with van der Waals surface area (Å²) in [6, 6.07) is 10.5. The second-order valence-electron chi connectivity index (χ2n) is 9.05. The molecule has 0 aliphatic heterocycles. The van der Waals surface area contributed by atoms with Gasteiger partial charge in [-0.3, -0.25) is 4.79 Å². The number of benzene rings is 1. The molecule has 2 heterocycles. The highest BCUT2D eigenvalue weighted by atomic mass is 32.1. The van der Waals surface area contributed by atoms with Crippen LogP contribution in [-0.4, -0.2) is 29.2 Å². The Bertz CT molecular complexity index is 1230. The van der Waals surface area contributed by atoms with Gasteiger partial charge in [0, 0.05) is 16.5 Å². The molecule has 34 heavy (non-hydrogen) atoms. The Morgan fingerprint density at radius 3 is 2.71 bits per heavy atom. The normalized spacial score (nSPS) is 16.5. The Labute approximate surface area is 202 Å². The predicted molar refractivity (Wildman–Crippen MR) is 134 cm³/mol. The molecule has 5 rings (SSSR count). The number of carbonyl (C=O) groups excluding carboxylic acids is 1. The van der Waals surface area contributed by atoms with Crippen LogP contribution in [0.25, 0.3) is 11.3 Å². The summed E-state index contributed by atoms with van der Waals surface area (Å²) in [6.07, 6.45) is 11.5. The molecule has 0 bridgehead atoms. The molecule has 2 aromatic heterocycles. The van der Waals surface area contributed by atoms with Crippen LogP contribution in [-0.2, 0) is 12.8 Å². The van der Waals surface area contributed by atoms with Crippen molar-refractivity contribution in [2.75, 3.05) is 0 Å².